The first-order valence-electron chi connectivity index (χ1n) is 8.77. The molecule has 0 saturated carbocycles. The van der Waals surface area contributed by atoms with Crippen molar-refractivity contribution >= 4 is 17.7 Å². The molecular weight excluding hydrogens is 449 g/mol. The predicted molar refractivity (Wildman–Crippen MR) is 92.9 cm³/mol. The van der Waals surface area contributed by atoms with E-state index in [4.69, 9.17) is 5.73 Å². The molecule has 15 heteroatoms. The predicted octanol–water partition coefficient (Wildman–Crippen LogP) is 3.46. The van der Waals surface area contributed by atoms with Gasteiger partial charge in [0, 0.05) is 31.8 Å². The topological polar surface area (TPSA) is 74.3 Å². The van der Waals surface area contributed by atoms with E-state index in [1.807, 2.05) is 0 Å². The number of nitrogens with zero attached hydrogens (tertiary/aromatic N) is 4. The number of amides is 1. The molecule has 2 N–H and O–H groups in total. The van der Waals surface area contributed by atoms with Crippen LogP contribution in [0.2, 0.25) is 0 Å². The van der Waals surface area contributed by atoms with Gasteiger partial charge in [-0.25, -0.2) is 0 Å². The van der Waals surface area contributed by atoms with Gasteiger partial charge in [0.05, 0.1) is 0 Å². The molecule has 31 heavy (non-hydrogen) atoms. The van der Waals surface area contributed by atoms with E-state index in [2.05, 4.69) is 9.98 Å². The number of alkyl halides is 9. The lowest BCUT2D eigenvalue weighted by Crippen LogP contribution is -2.57. The standard InChI is InChI=1S/C16H20F9N5O/c1-3-4-10(26)5-9-6-27-13(30(7-9)12(31)16(23,24)25)29(2)11(15(20,21)22)28-8-14(17,18)19/h4,9H,3,5-8,26H2,1-2H3/b10-4+,28-11?. The summed E-state index contributed by atoms with van der Waals surface area (Å²) in [6, 6.07) is 0. The summed E-state index contributed by atoms with van der Waals surface area (Å²) in [5.41, 5.74) is 6.00. The molecule has 1 unspecified atom stereocenters. The summed E-state index contributed by atoms with van der Waals surface area (Å²) in [5.74, 6) is -6.52. The van der Waals surface area contributed by atoms with Crippen LogP contribution in [0.1, 0.15) is 19.8 Å². The third kappa shape index (κ3) is 7.94. The van der Waals surface area contributed by atoms with Crippen LogP contribution in [0.15, 0.2) is 21.8 Å². The van der Waals surface area contributed by atoms with Gasteiger partial charge in [0.2, 0.25) is 11.8 Å². The number of guanidine groups is 1. The molecule has 0 aliphatic carbocycles. The summed E-state index contributed by atoms with van der Waals surface area (Å²) in [6.45, 7) is -1.47. The van der Waals surface area contributed by atoms with Gasteiger partial charge in [0.15, 0.2) is 0 Å². The number of aliphatic imine (C=N–C) groups is 2. The summed E-state index contributed by atoms with van der Waals surface area (Å²) in [7, 11) is 0.532. The van der Waals surface area contributed by atoms with Crippen molar-refractivity contribution in [1.29, 1.82) is 0 Å². The first-order chi connectivity index (χ1) is 14.0. The van der Waals surface area contributed by atoms with Gasteiger partial charge in [-0.1, -0.05) is 13.0 Å². The van der Waals surface area contributed by atoms with Crippen molar-refractivity contribution < 1.29 is 44.3 Å². The van der Waals surface area contributed by atoms with Gasteiger partial charge in [0.25, 0.3) is 0 Å². The Morgan fingerprint density at radius 2 is 1.77 bits per heavy atom. The average molecular weight is 469 g/mol. The van der Waals surface area contributed by atoms with E-state index in [-0.39, 0.29) is 22.8 Å². The third-order valence-corrected chi connectivity index (χ3v) is 3.93. The average Bonchev–Trinajstić information content (AvgIpc) is 2.58. The lowest BCUT2D eigenvalue weighted by Gasteiger charge is -2.37. The molecule has 1 aliphatic rings. The Morgan fingerprint density at radius 3 is 2.23 bits per heavy atom. The largest absolute Gasteiger partial charge is 0.471 e. The van der Waals surface area contributed by atoms with Crippen LogP contribution in [0.25, 0.3) is 0 Å². The molecule has 1 heterocycles. The Balaban J connectivity index is 3.36. The van der Waals surface area contributed by atoms with E-state index in [0.29, 0.717) is 19.2 Å². The van der Waals surface area contributed by atoms with Crippen molar-refractivity contribution in [3.63, 3.8) is 0 Å². The number of allylic oxidation sites excluding steroid dienone is 2. The number of halogens is 9. The Bertz CT molecular complexity index is 737. The Hall–Kier alpha value is -2.48. The number of carbonyl (C=O) groups is 1. The number of nitrogens with two attached hydrogens (primary N) is 1. The maximum atomic E-state index is 13.3. The zero-order valence-electron chi connectivity index (χ0n) is 16.4. The number of hydrogen-bond acceptors (Lipinski definition) is 4. The quantitative estimate of drug-likeness (QED) is 0.390. The van der Waals surface area contributed by atoms with E-state index in [9.17, 15) is 44.3 Å². The van der Waals surface area contributed by atoms with Gasteiger partial charge in [-0.15, -0.1) is 0 Å². The molecular formula is C16H20F9N5O. The normalized spacial score (nSPS) is 19.4. The Labute approximate surface area is 171 Å². The van der Waals surface area contributed by atoms with Crippen LogP contribution in [0.4, 0.5) is 39.5 Å². The maximum Gasteiger partial charge on any atom is 0.471 e. The fourth-order valence-electron chi connectivity index (χ4n) is 2.76. The molecule has 0 spiro atoms. The first kappa shape index (κ1) is 26.6. The van der Waals surface area contributed by atoms with Gasteiger partial charge in [-0.2, -0.15) is 39.5 Å². The van der Waals surface area contributed by atoms with Crippen molar-refractivity contribution in [2.24, 2.45) is 21.6 Å². The molecule has 1 amide bonds. The van der Waals surface area contributed by atoms with Crippen LogP contribution in [0, 0.1) is 5.92 Å². The number of hydrogen-bond donors (Lipinski definition) is 1. The lowest BCUT2D eigenvalue weighted by molar-refractivity contribution is -0.182. The molecule has 6 nitrogen and oxygen atoms in total. The van der Waals surface area contributed by atoms with Crippen LogP contribution in [-0.2, 0) is 4.79 Å². The van der Waals surface area contributed by atoms with E-state index in [1.165, 1.54) is 0 Å². The second kappa shape index (κ2) is 9.77. The van der Waals surface area contributed by atoms with Crippen LogP contribution in [-0.4, -0.2) is 72.7 Å². The minimum atomic E-state index is -5.46. The van der Waals surface area contributed by atoms with Gasteiger partial charge < -0.3 is 5.73 Å². The molecule has 0 aromatic carbocycles. The van der Waals surface area contributed by atoms with E-state index >= 15 is 0 Å². The highest BCUT2D eigenvalue weighted by Crippen LogP contribution is 2.27. The molecule has 1 aliphatic heterocycles. The highest BCUT2D eigenvalue weighted by molar-refractivity contribution is 6.08. The monoisotopic (exact) mass is 469 g/mol. The van der Waals surface area contributed by atoms with Crippen LogP contribution < -0.4 is 5.73 Å². The fourth-order valence-corrected chi connectivity index (χ4v) is 2.76. The zero-order valence-corrected chi connectivity index (χ0v) is 16.4. The van der Waals surface area contributed by atoms with Gasteiger partial charge in [-0.3, -0.25) is 24.6 Å². The number of rotatable bonds is 4. The third-order valence-electron chi connectivity index (χ3n) is 3.93. The van der Waals surface area contributed by atoms with Crippen LogP contribution in [0.3, 0.4) is 0 Å². The summed E-state index contributed by atoms with van der Waals surface area (Å²) in [6.07, 6.45) is -13.9. The molecule has 0 bridgehead atoms. The van der Waals surface area contributed by atoms with Gasteiger partial charge in [0.1, 0.15) is 6.54 Å². The van der Waals surface area contributed by atoms with Crippen molar-refractivity contribution in [2.75, 3.05) is 26.7 Å². The smallest absolute Gasteiger partial charge is 0.402 e. The summed E-state index contributed by atoms with van der Waals surface area (Å²) in [4.78, 5) is 17.7. The molecule has 0 fully saturated rings. The number of carbonyl (C=O) groups excluding carboxylic acids is 1. The second-order valence-electron chi connectivity index (χ2n) is 6.62. The van der Waals surface area contributed by atoms with Crippen molar-refractivity contribution in [1.82, 2.24) is 9.80 Å². The van der Waals surface area contributed by atoms with Crippen molar-refractivity contribution in [2.45, 2.75) is 38.3 Å². The lowest BCUT2D eigenvalue weighted by atomic mass is 10.0. The van der Waals surface area contributed by atoms with Crippen LogP contribution in [0.5, 0.6) is 0 Å². The molecule has 0 radical (unpaired) electrons. The van der Waals surface area contributed by atoms with Crippen LogP contribution >= 0.6 is 0 Å². The number of amidine groups is 1. The Kier molecular flexibility index (Phi) is 8.37. The molecule has 1 rings (SSSR count). The highest BCUT2D eigenvalue weighted by Gasteiger charge is 2.49. The zero-order chi connectivity index (χ0) is 24.2. The summed E-state index contributed by atoms with van der Waals surface area (Å²) >= 11 is 0. The Morgan fingerprint density at radius 1 is 1.19 bits per heavy atom. The molecule has 0 aromatic rings. The van der Waals surface area contributed by atoms with E-state index in [0.717, 1.165) is 0 Å². The minimum Gasteiger partial charge on any atom is -0.402 e. The SMILES string of the molecule is CC/C=C(/N)CC1CN=C(N(C)C(=NCC(F)(F)F)C(F)(F)F)N(C(=O)C(F)(F)F)C1. The van der Waals surface area contributed by atoms with E-state index < -0.39 is 55.2 Å². The second-order valence-corrected chi connectivity index (χ2v) is 6.62. The minimum absolute atomic E-state index is 0.0181. The van der Waals surface area contributed by atoms with E-state index in [1.54, 1.807) is 13.0 Å². The van der Waals surface area contributed by atoms with Gasteiger partial charge in [-0.05, 0) is 12.8 Å². The first-order valence-corrected chi connectivity index (χ1v) is 8.77. The molecule has 0 aromatic heterocycles. The van der Waals surface area contributed by atoms with Gasteiger partial charge >= 0.3 is 24.4 Å². The fraction of sp³-hybridized carbons (Fsp3) is 0.688. The summed E-state index contributed by atoms with van der Waals surface area (Å²) < 4.78 is 116. The maximum absolute atomic E-state index is 13.3. The molecule has 178 valence electrons. The van der Waals surface area contributed by atoms with Crippen molar-refractivity contribution in [3.05, 3.63) is 11.8 Å². The highest BCUT2D eigenvalue weighted by atomic mass is 19.4. The molecule has 1 atom stereocenters. The van der Waals surface area contributed by atoms with Crippen molar-refractivity contribution in [3.8, 4) is 0 Å². The summed E-state index contributed by atoms with van der Waals surface area (Å²) in [5, 5.41) is 0. The molecule has 0 saturated heterocycles.